The van der Waals surface area contributed by atoms with Gasteiger partial charge >= 0.3 is 0 Å². The lowest BCUT2D eigenvalue weighted by atomic mass is 9.90. The smallest absolute Gasteiger partial charge is 0.109 e. The second-order valence-corrected chi connectivity index (χ2v) is 4.40. The molecule has 2 rings (SSSR count). The first kappa shape index (κ1) is 11.9. The highest BCUT2D eigenvalue weighted by Crippen LogP contribution is 2.34. The van der Waals surface area contributed by atoms with Crippen LogP contribution in [0.4, 0.5) is 0 Å². The summed E-state index contributed by atoms with van der Waals surface area (Å²) in [5.41, 5.74) is -0.836. The maximum Gasteiger partial charge on any atom is 0.109 e. The lowest BCUT2D eigenvalue weighted by molar-refractivity contribution is -0.0529. The van der Waals surface area contributed by atoms with Gasteiger partial charge in [-0.25, -0.2) is 0 Å². The van der Waals surface area contributed by atoms with Crippen molar-refractivity contribution >= 4 is 0 Å². The Morgan fingerprint density at radius 3 is 1.59 bits per heavy atom. The number of rotatable bonds is 4. The van der Waals surface area contributed by atoms with Crippen LogP contribution in [-0.4, -0.2) is 11.2 Å². The zero-order valence-corrected chi connectivity index (χ0v) is 10.0. The largest absolute Gasteiger partial charge is 0.352 e. The molecule has 2 aliphatic rings. The van der Waals surface area contributed by atoms with Crippen molar-refractivity contribution in [3.8, 4) is 0 Å². The van der Waals surface area contributed by atoms with E-state index in [0.29, 0.717) is 0 Å². The molecule has 0 bridgehead atoms. The van der Waals surface area contributed by atoms with Crippen molar-refractivity contribution < 1.29 is 4.74 Å². The summed E-state index contributed by atoms with van der Waals surface area (Å²) in [6.07, 6.45) is 21.7. The monoisotopic (exact) mass is 226 g/mol. The molecule has 0 aromatic heterocycles. The molecule has 0 amide bonds. The highest BCUT2D eigenvalue weighted by Gasteiger charge is 2.35. The summed E-state index contributed by atoms with van der Waals surface area (Å²) in [6.45, 7) is 7.80. The molecule has 0 aromatic rings. The lowest BCUT2D eigenvalue weighted by Crippen LogP contribution is -2.40. The van der Waals surface area contributed by atoms with Crippen molar-refractivity contribution in [3.63, 3.8) is 0 Å². The van der Waals surface area contributed by atoms with Crippen LogP contribution in [0.25, 0.3) is 0 Å². The van der Waals surface area contributed by atoms with Crippen LogP contribution >= 0.6 is 0 Å². The van der Waals surface area contributed by atoms with E-state index in [1.54, 1.807) is 0 Å². The van der Waals surface area contributed by atoms with Gasteiger partial charge in [-0.1, -0.05) is 61.8 Å². The van der Waals surface area contributed by atoms with E-state index in [9.17, 15) is 0 Å². The van der Waals surface area contributed by atoms with Gasteiger partial charge in [0.1, 0.15) is 11.2 Å². The summed E-state index contributed by atoms with van der Waals surface area (Å²) >= 11 is 0. The molecule has 17 heavy (non-hydrogen) atoms. The molecule has 2 unspecified atom stereocenters. The van der Waals surface area contributed by atoms with Gasteiger partial charge in [-0.05, 0) is 12.2 Å². The SMILES string of the molecule is C=CC1(OC2(C=C)C=CC=CC2)C=CC=CC1. The average molecular weight is 226 g/mol. The molecule has 0 aliphatic heterocycles. The highest BCUT2D eigenvalue weighted by atomic mass is 16.5. The van der Waals surface area contributed by atoms with Gasteiger partial charge in [-0.15, -0.1) is 0 Å². The first-order valence-electron chi connectivity index (χ1n) is 5.90. The van der Waals surface area contributed by atoms with Crippen LogP contribution in [0.5, 0.6) is 0 Å². The van der Waals surface area contributed by atoms with E-state index in [4.69, 9.17) is 4.74 Å². The predicted octanol–water partition coefficient (Wildman–Crippen LogP) is 3.88. The Hall–Kier alpha value is -1.60. The number of allylic oxidation sites excluding steroid dienone is 4. The topological polar surface area (TPSA) is 9.23 Å². The summed E-state index contributed by atoms with van der Waals surface area (Å²) in [5.74, 6) is 0. The lowest BCUT2D eigenvalue weighted by Gasteiger charge is -2.38. The molecule has 0 saturated heterocycles. The maximum atomic E-state index is 6.29. The summed E-state index contributed by atoms with van der Waals surface area (Å²) < 4.78 is 6.29. The van der Waals surface area contributed by atoms with Crippen LogP contribution in [0, 0.1) is 0 Å². The van der Waals surface area contributed by atoms with Crippen LogP contribution in [-0.2, 0) is 4.74 Å². The molecule has 0 heterocycles. The quantitative estimate of drug-likeness (QED) is 0.661. The Morgan fingerprint density at radius 2 is 1.29 bits per heavy atom. The van der Waals surface area contributed by atoms with E-state index in [1.165, 1.54) is 0 Å². The fourth-order valence-corrected chi connectivity index (χ4v) is 2.13. The molecule has 0 aromatic carbocycles. The number of hydrogen-bond donors (Lipinski definition) is 0. The molecule has 88 valence electrons. The van der Waals surface area contributed by atoms with Crippen molar-refractivity contribution in [2.45, 2.75) is 24.0 Å². The molecular formula is C16H18O. The van der Waals surface area contributed by atoms with Crippen molar-refractivity contribution in [3.05, 3.63) is 73.9 Å². The van der Waals surface area contributed by atoms with Gasteiger partial charge in [0.05, 0.1) is 0 Å². The van der Waals surface area contributed by atoms with Gasteiger partial charge in [-0.2, -0.15) is 0 Å². The van der Waals surface area contributed by atoms with Crippen LogP contribution in [0.1, 0.15) is 12.8 Å². The van der Waals surface area contributed by atoms with Gasteiger partial charge in [0, 0.05) is 12.8 Å². The first-order valence-corrected chi connectivity index (χ1v) is 5.90. The van der Waals surface area contributed by atoms with Crippen LogP contribution in [0.2, 0.25) is 0 Å². The fourth-order valence-electron chi connectivity index (χ4n) is 2.13. The molecule has 2 aliphatic carbocycles. The molecule has 1 heteroatoms. The zero-order valence-electron chi connectivity index (χ0n) is 10.0. The predicted molar refractivity (Wildman–Crippen MR) is 72.7 cm³/mol. The maximum absolute atomic E-state index is 6.29. The van der Waals surface area contributed by atoms with E-state index in [-0.39, 0.29) is 0 Å². The third-order valence-electron chi connectivity index (χ3n) is 3.20. The Kier molecular flexibility index (Phi) is 3.30. The third-order valence-corrected chi connectivity index (χ3v) is 3.20. The minimum Gasteiger partial charge on any atom is -0.352 e. The zero-order chi connectivity index (χ0) is 12.2. The molecular weight excluding hydrogens is 208 g/mol. The molecule has 2 atom stereocenters. The minimum absolute atomic E-state index is 0.418. The Bertz CT molecular complexity index is 385. The Labute approximate surface area is 103 Å². The van der Waals surface area contributed by atoms with Gasteiger partial charge < -0.3 is 4.74 Å². The first-order chi connectivity index (χ1) is 8.24. The number of hydrogen-bond acceptors (Lipinski definition) is 1. The van der Waals surface area contributed by atoms with E-state index < -0.39 is 11.2 Å². The Morgan fingerprint density at radius 1 is 0.824 bits per heavy atom. The molecule has 0 radical (unpaired) electrons. The Balaban J connectivity index is 2.23. The molecule has 1 nitrogen and oxygen atoms in total. The van der Waals surface area contributed by atoms with Gasteiger partial charge in [-0.3, -0.25) is 0 Å². The summed E-state index contributed by atoms with van der Waals surface area (Å²) in [7, 11) is 0. The highest BCUT2D eigenvalue weighted by molar-refractivity contribution is 5.29. The molecule has 0 saturated carbocycles. The molecule has 0 spiro atoms. The summed E-state index contributed by atoms with van der Waals surface area (Å²) in [4.78, 5) is 0. The number of ether oxygens (including phenoxy) is 1. The van der Waals surface area contributed by atoms with Crippen LogP contribution in [0.15, 0.2) is 73.9 Å². The van der Waals surface area contributed by atoms with Crippen molar-refractivity contribution in [2.75, 3.05) is 0 Å². The van der Waals surface area contributed by atoms with Crippen LogP contribution in [0.3, 0.4) is 0 Å². The second kappa shape index (κ2) is 4.72. The molecule has 0 N–H and O–H groups in total. The van der Waals surface area contributed by atoms with E-state index in [0.717, 1.165) is 12.8 Å². The minimum atomic E-state index is -0.418. The van der Waals surface area contributed by atoms with Gasteiger partial charge in [0.25, 0.3) is 0 Å². The standard InChI is InChI=1S/C16H18O/c1-3-15(11-7-5-8-12-15)17-16(4-2)13-9-6-10-14-16/h3-11,13H,1-2,12,14H2. The van der Waals surface area contributed by atoms with Crippen molar-refractivity contribution in [2.24, 2.45) is 0 Å². The van der Waals surface area contributed by atoms with Crippen molar-refractivity contribution in [1.82, 2.24) is 0 Å². The van der Waals surface area contributed by atoms with Gasteiger partial charge in [0.15, 0.2) is 0 Å². The van der Waals surface area contributed by atoms with E-state index in [2.05, 4.69) is 37.5 Å². The normalized spacial score (nSPS) is 34.8. The summed E-state index contributed by atoms with van der Waals surface area (Å²) in [6, 6.07) is 0. The average Bonchev–Trinajstić information content (AvgIpc) is 2.41. The van der Waals surface area contributed by atoms with E-state index in [1.807, 2.05) is 36.5 Å². The summed E-state index contributed by atoms with van der Waals surface area (Å²) in [5, 5.41) is 0. The van der Waals surface area contributed by atoms with E-state index >= 15 is 0 Å². The second-order valence-electron chi connectivity index (χ2n) is 4.40. The molecule has 0 fully saturated rings. The fraction of sp³-hybridized carbons (Fsp3) is 0.250. The van der Waals surface area contributed by atoms with Crippen molar-refractivity contribution in [1.29, 1.82) is 0 Å². The van der Waals surface area contributed by atoms with Gasteiger partial charge in [0.2, 0.25) is 0 Å². The third kappa shape index (κ3) is 2.40. The van der Waals surface area contributed by atoms with Crippen LogP contribution < -0.4 is 0 Å².